The van der Waals surface area contributed by atoms with Gasteiger partial charge in [0.15, 0.2) is 6.10 Å². The third-order valence-corrected chi connectivity index (χ3v) is 8.65. The Hall–Kier alpha value is -2.23. The first-order chi connectivity index (χ1) is 14.9. The second-order valence-electron chi connectivity index (χ2n) is 8.75. The van der Waals surface area contributed by atoms with Crippen LogP contribution in [0, 0.1) is 6.92 Å². The predicted octanol–water partition coefficient (Wildman–Crippen LogP) is 1.89. The van der Waals surface area contributed by atoms with Crippen LogP contribution in [0.5, 0.6) is 0 Å². The van der Waals surface area contributed by atoms with Crippen LogP contribution in [-0.2, 0) is 31.7 Å². The van der Waals surface area contributed by atoms with Crippen LogP contribution in [0.2, 0.25) is 0 Å². The lowest BCUT2D eigenvalue weighted by Crippen LogP contribution is -2.55. The number of nitrogens with zero attached hydrogens (tertiary/aromatic N) is 4. The fourth-order valence-corrected chi connectivity index (χ4v) is 6.40. The second kappa shape index (κ2) is 7.72. The average Bonchev–Trinajstić information content (AvgIpc) is 3.46. The minimum Gasteiger partial charge on any atom is -0.352 e. The lowest BCUT2D eigenvalue weighted by Gasteiger charge is -2.45. The zero-order chi connectivity index (χ0) is 21.6. The highest BCUT2D eigenvalue weighted by Gasteiger charge is 2.49. The van der Waals surface area contributed by atoms with E-state index in [9.17, 15) is 13.2 Å². The zero-order valence-electron chi connectivity index (χ0n) is 17.7. The first kappa shape index (κ1) is 20.7. The second-order valence-corrected chi connectivity index (χ2v) is 10.7. The quantitative estimate of drug-likeness (QED) is 0.722. The van der Waals surface area contributed by atoms with Crippen molar-refractivity contribution in [3.05, 3.63) is 48.0 Å². The van der Waals surface area contributed by atoms with Crippen molar-refractivity contribution in [3.63, 3.8) is 0 Å². The van der Waals surface area contributed by atoms with Gasteiger partial charge in [0.1, 0.15) is 11.4 Å². The molecule has 1 aromatic heterocycles. The summed E-state index contributed by atoms with van der Waals surface area (Å²) in [6.45, 7) is 4.61. The molecule has 0 N–H and O–H groups in total. The van der Waals surface area contributed by atoms with Crippen molar-refractivity contribution in [1.82, 2.24) is 18.8 Å². The van der Waals surface area contributed by atoms with E-state index in [0.717, 1.165) is 37.3 Å². The number of sulfonamides is 1. The summed E-state index contributed by atoms with van der Waals surface area (Å²) in [4.78, 5) is 19.8. The fraction of sp³-hybridized carbons (Fsp3) is 0.545. The van der Waals surface area contributed by atoms with Crippen molar-refractivity contribution in [3.8, 4) is 0 Å². The number of amides is 1. The summed E-state index contributed by atoms with van der Waals surface area (Å²) in [6.07, 6.45) is 6.08. The number of hydrogen-bond acceptors (Lipinski definition) is 5. The summed E-state index contributed by atoms with van der Waals surface area (Å²) in [5, 5.41) is 0. The number of fused-ring (bicyclic) bond motifs is 2. The van der Waals surface area contributed by atoms with Crippen molar-refractivity contribution < 1.29 is 17.9 Å². The van der Waals surface area contributed by atoms with Gasteiger partial charge in [-0.05, 0) is 44.7 Å². The molecule has 3 aliphatic heterocycles. The molecule has 8 nitrogen and oxygen atoms in total. The maximum atomic E-state index is 13.1. The molecule has 2 saturated heterocycles. The molecule has 2 fully saturated rings. The summed E-state index contributed by atoms with van der Waals surface area (Å²) < 4.78 is 36.2. The maximum Gasteiger partial charge on any atom is 0.253 e. The van der Waals surface area contributed by atoms with Crippen molar-refractivity contribution in [1.29, 1.82) is 0 Å². The van der Waals surface area contributed by atoms with E-state index in [0.29, 0.717) is 37.4 Å². The molecule has 0 radical (unpaired) electrons. The third kappa shape index (κ3) is 3.58. The molecule has 2 aromatic rings. The number of benzene rings is 1. The van der Waals surface area contributed by atoms with Crippen molar-refractivity contribution in [2.45, 2.75) is 55.8 Å². The first-order valence-corrected chi connectivity index (χ1v) is 12.4. The summed E-state index contributed by atoms with van der Waals surface area (Å²) >= 11 is 0. The Morgan fingerprint density at radius 2 is 1.77 bits per heavy atom. The minimum absolute atomic E-state index is 0.0333. The molecule has 4 heterocycles. The van der Waals surface area contributed by atoms with E-state index in [1.54, 1.807) is 18.3 Å². The van der Waals surface area contributed by atoms with Crippen LogP contribution in [0.25, 0.3) is 0 Å². The molecule has 31 heavy (non-hydrogen) atoms. The molecular weight excluding hydrogens is 416 g/mol. The smallest absolute Gasteiger partial charge is 0.253 e. The summed E-state index contributed by atoms with van der Waals surface area (Å²) in [7, 11) is -3.57. The number of rotatable bonds is 3. The highest BCUT2D eigenvalue weighted by atomic mass is 32.2. The molecule has 1 unspecified atom stereocenters. The van der Waals surface area contributed by atoms with Gasteiger partial charge in [0.2, 0.25) is 10.0 Å². The molecule has 1 spiro atoms. The Kier molecular flexibility index (Phi) is 5.15. The molecule has 5 rings (SSSR count). The van der Waals surface area contributed by atoms with Crippen LogP contribution < -0.4 is 0 Å². The number of carbonyl (C=O) groups is 1. The average molecular weight is 445 g/mol. The van der Waals surface area contributed by atoms with Gasteiger partial charge in [-0.15, -0.1) is 0 Å². The highest BCUT2D eigenvalue weighted by molar-refractivity contribution is 7.89. The summed E-state index contributed by atoms with van der Waals surface area (Å²) in [6, 6.07) is 6.94. The zero-order valence-corrected chi connectivity index (χ0v) is 18.6. The van der Waals surface area contributed by atoms with E-state index < -0.39 is 21.7 Å². The number of hydrogen-bond donors (Lipinski definition) is 0. The van der Waals surface area contributed by atoms with Crippen molar-refractivity contribution >= 4 is 15.9 Å². The van der Waals surface area contributed by atoms with E-state index in [1.807, 2.05) is 34.7 Å². The Labute approximate surface area is 182 Å². The SMILES string of the molecule is Cc1ccc(S(=O)(=O)N2CCC3(CC2)OC(C(=O)N2CCCC2)Cn2ccnc23)cc1. The molecule has 1 amide bonds. The van der Waals surface area contributed by atoms with Gasteiger partial charge in [-0.2, -0.15) is 4.31 Å². The lowest BCUT2D eigenvalue weighted by atomic mass is 9.89. The first-order valence-electron chi connectivity index (χ1n) is 10.9. The van der Waals surface area contributed by atoms with E-state index in [1.165, 1.54) is 4.31 Å². The summed E-state index contributed by atoms with van der Waals surface area (Å²) in [5.74, 6) is 0.830. The van der Waals surface area contributed by atoms with Crippen LogP contribution in [0.4, 0.5) is 0 Å². The number of piperidine rings is 1. The Bertz CT molecular complexity index is 1070. The van der Waals surface area contributed by atoms with Crippen molar-refractivity contribution in [2.24, 2.45) is 0 Å². The summed E-state index contributed by atoms with van der Waals surface area (Å²) in [5.41, 5.74) is 0.286. The topological polar surface area (TPSA) is 84.7 Å². The van der Waals surface area contributed by atoms with E-state index in [-0.39, 0.29) is 5.91 Å². The Morgan fingerprint density at radius 3 is 2.45 bits per heavy atom. The van der Waals surface area contributed by atoms with Gasteiger partial charge in [-0.1, -0.05) is 17.7 Å². The van der Waals surface area contributed by atoms with E-state index in [4.69, 9.17) is 4.74 Å². The third-order valence-electron chi connectivity index (χ3n) is 6.74. The monoisotopic (exact) mass is 444 g/mol. The molecule has 166 valence electrons. The largest absolute Gasteiger partial charge is 0.352 e. The van der Waals surface area contributed by atoms with Crippen LogP contribution in [0.15, 0.2) is 41.6 Å². The standard InChI is InChI=1S/C22H28N4O4S/c1-17-4-6-18(7-5-17)31(28,29)26-13-8-22(9-14-26)21-23-10-15-25(21)16-19(30-22)20(27)24-11-2-3-12-24/h4-7,10,15,19H,2-3,8-9,11-14,16H2,1H3. The number of likely N-dealkylation sites (tertiary alicyclic amines) is 1. The number of imidazole rings is 1. The lowest BCUT2D eigenvalue weighted by molar-refractivity contribution is -0.178. The van der Waals surface area contributed by atoms with Crippen molar-refractivity contribution in [2.75, 3.05) is 26.2 Å². The van der Waals surface area contributed by atoms with Crippen LogP contribution in [0.3, 0.4) is 0 Å². The normalized spacial score (nSPS) is 23.8. The van der Waals surface area contributed by atoms with Gasteiger partial charge in [0, 0.05) is 38.6 Å². The fourth-order valence-electron chi connectivity index (χ4n) is 4.95. The maximum absolute atomic E-state index is 13.1. The number of aromatic nitrogens is 2. The van der Waals surface area contributed by atoms with Gasteiger partial charge in [0.05, 0.1) is 11.4 Å². The molecule has 0 bridgehead atoms. The van der Waals surface area contributed by atoms with Gasteiger partial charge in [-0.25, -0.2) is 13.4 Å². The van der Waals surface area contributed by atoms with Crippen LogP contribution in [-0.4, -0.2) is 65.4 Å². The Balaban J connectivity index is 1.37. The molecule has 1 aromatic carbocycles. The van der Waals surface area contributed by atoms with Gasteiger partial charge < -0.3 is 14.2 Å². The van der Waals surface area contributed by atoms with Crippen LogP contribution in [0.1, 0.15) is 37.1 Å². The molecule has 0 saturated carbocycles. The molecular formula is C22H28N4O4S. The molecule has 1 atom stereocenters. The molecule has 3 aliphatic rings. The Morgan fingerprint density at radius 1 is 1.10 bits per heavy atom. The highest BCUT2D eigenvalue weighted by Crippen LogP contribution is 2.41. The number of carbonyl (C=O) groups excluding carboxylic acids is 1. The number of aryl methyl sites for hydroxylation is 1. The number of ether oxygens (including phenoxy) is 1. The minimum atomic E-state index is -3.57. The van der Waals surface area contributed by atoms with Crippen LogP contribution >= 0.6 is 0 Å². The van der Waals surface area contributed by atoms with Gasteiger partial charge >= 0.3 is 0 Å². The van der Waals surface area contributed by atoms with Gasteiger partial charge in [0.25, 0.3) is 5.91 Å². The predicted molar refractivity (Wildman–Crippen MR) is 114 cm³/mol. The molecule has 0 aliphatic carbocycles. The molecule has 9 heteroatoms. The van der Waals surface area contributed by atoms with E-state index in [2.05, 4.69) is 4.98 Å². The van der Waals surface area contributed by atoms with Gasteiger partial charge in [-0.3, -0.25) is 4.79 Å². The van der Waals surface area contributed by atoms with E-state index >= 15 is 0 Å².